The molecule has 1 atom stereocenters. The Morgan fingerprint density at radius 2 is 1.96 bits per heavy atom. The van der Waals surface area contributed by atoms with E-state index in [1.807, 2.05) is 6.07 Å². The highest BCUT2D eigenvalue weighted by Gasteiger charge is 2.35. The Hall–Kier alpha value is -2.44. The Labute approximate surface area is 161 Å². The van der Waals surface area contributed by atoms with Crippen LogP contribution in [0.1, 0.15) is 18.5 Å². The monoisotopic (exact) mass is 390 g/mol. The van der Waals surface area contributed by atoms with Crippen LogP contribution in [0.15, 0.2) is 59.8 Å². The second-order valence-electron chi connectivity index (χ2n) is 5.74. The van der Waals surface area contributed by atoms with E-state index in [1.165, 1.54) is 19.2 Å². The molecule has 2 aromatic carbocycles. The van der Waals surface area contributed by atoms with Crippen molar-refractivity contribution in [1.29, 1.82) is 0 Å². The number of carbonyl (C=O) groups excluding carboxylic acids is 1. The molecule has 4 nitrogen and oxygen atoms in total. The molecule has 1 heterocycles. The van der Waals surface area contributed by atoms with Crippen molar-refractivity contribution in [2.24, 2.45) is 0 Å². The molecule has 134 valence electrons. The maximum Gasteiger partial charge on any atom is 0.337 e. The summed E-state index contributed by atoms with van der Waals surface area (Å²) >= 11 is 11.6. The number of halogens is 2. The summed E-state index contributed by atoms with van der Waals surface area (Å²) in [6.45, 7) is 1.78. The summed E-state index contributed by atoms with van der Waals surface area (Å²) in [5, 5.41) is 4.11. The molecule has 1 aliphatic heterocycles. The number of nitrogens with zero attached hydrogens (tertiary/aromatic N) is 1. The molecule has 1 aliphatic rings. The first-order valence-electron chi connectivity index (χ1n) is 7.83. The molecule has 0 unspecified atom stereocenters. The maximum absolute atomic E-state index is 13.3. The van der Waals surface area contributed by atoms with E-state index in [0.29, 0.717) is 27.1 Å². The number of hydrogen-bond acceptors (Lipinski definition) is 3. The molecule has 0 saturated heterocycles. The van der Waals surface area contributed by atoms with Crippen molar-refractivity contribution in [2.75, 3.05) is 12.0 Å². The predicted molar refractivity (Wildman–Crippen MR) is 104 cm³/mol. The number of allylic oxidation sites excluding steroid dienone is 1. The van der Waals surface area contributed by atoms with Crippen molar-refractivity contribution < 1.29 is 13.9 Å². The maximum atomic E-state index is 13.3. The van der Waals surface area contributed by atoms with Crippen molar-refractivity contribution in [3.8, 4) is 0 Å². The molecule has 0 saturated carbocycles. The van der Waals surface area contributed by atoms with E-state index < -0.39 is 12.0 Å². The third-order valence-corrected chi connectivity index (χ3v) is 4.69. The molecule has 1 N–H and O–H groups in total. The molecular weight excluding hydrogens is 375 g/mol. The van der Waals surface area contributed by atoms with E-state index in [9.17, 15) is 9.18 Å². The second kappa shape index (κ2) is 7.43. The van der Waals surface area contributed by atoms with Crippen LogP contribution in [-0.2, 0) is 9.53 Å². The summed E-state index contributed by atoms with van der Waals surface area (Å²) < 4.78 is 18.2. The van der Waals surface area contributed by atoms with Crippen LogP contribution in [-0.4, -0.2) is 18.2 Å². The molecule has 2 aromatic rings. The minimum Gasteiger partial charge on any atom is -0.466 e. The summed E-state index contributed by atoms with van der Waals surface area (Å²) in [6.07, 6.45) is 0. The Kier molecular flexibility index (Phi) is 5.25. The molecule has 0 radical (unpaired) electrons. The Balaban J connectivity index is 2.13. The first kappa shape index (κ1) is 18.4. The highest BCUT2D eigenvalue weighted by Crippen LogP contribution is 2.34. The fraction of sp³-hybridized carbons (Fsp3) is 0.158. The fourth-order valence-electron chi connectivity index (χ4n) is 2.95. The Morgan fingerprint density at radius 1 is 1.27 bits per heavy atom. The zero-order valence-corrected chi connectivity index (χ0v) is 15.7. The number of anilines is 1. The van der Waals surface area contributed by atoms with E-state index in [0.717, 1.165) is 5.56 Å². The number of benzene rings is 2. The number of carbonyl (C=O) groups is 1. The quantitative estimate of drug-likeness (QED) is 0.623. The van der Waals surface area contributed by atoms with Gasteiger partial charge in [-0.3, -0.25) is 4.90 Å². The number of ether oxygens (including phenoxy) is 1. The van der Waals surface area contributed by atoms with E-state index in [-0.39, 0.29) is 5.82 Å². The zero-order chi connectivity index (χ0) is 18.8. The van der Waals surface area contributed by atoms with E-state index >= 15 is 0 Å². The largest absolute Gasteiger partial charge is 0.466 e. The lowest BCUT2D eigenvalue weighted by atomic mass is 9.95. The average Bonchev–Trinajstić information content (AvgIpc) is 2.62. The predicted octanol–water partition coefficient (Wildman–Crippen LogP) is 4.36. The van der Waals surface area contributed by atoms with Gasteiger partial charge in [0, 0.05) is 16.4 Å². The van der Waals surface area contributed by atoms with Crippen LogP contribution in [0.5, 0.6) is 0 Å². The highest BCUT2D eigenvalue weighted by molar-refractivity contribution is 7.80. The summed E-state index contributed by atoms with van der Waals surface area (Å²) in [4.78, 5) is 14.2. The number of methoxy groups -OCH3 is 1. The standard InChI is InChI=1S/C19H16ClFN2O2S/c1-11-16(18(24)25-2)17(12-4-3-5-13(20)10-12)22-19(26)23(11)15-8-6-14(21)7-9-15/h3-10,17H,1-2H3,(H,22,26)/t17-/m1/s1. The first-order chi connectivity index (χ1) is 12.4. The van der Waals surface area contributed by atoms with Gasteiger partial charge in [0.15, 0.2) is 5.11 Å². The van der Waals surface area contributed by atoms with Crippen LogP contribution in [0.25, 0.3) is 0 Å². The van der Waals surface area contributed by atoms with Crippen molar-refractivity contribution in [2.45, 2.75) is 13.0 Å². The average molecular weight is 391 g/mol. The van der Waals surface area contributed by atoms with Crippen molar-refractivity contribution in [3.05, 3.63) is 76.2 Å². The molecule has 0 aliphatic carbocycles. The van der Waals surface area contributed by atoms with Crippen LogP contribution in [0.3, 0.4) is 0 Å². The first-order valence-corrected chi connectivity index (χ1v) is 8.61. The van der Waals surface area contributed by atoms with Crippen molar-refractivity contribution in [1.82, 2.24) is 5.32 Å². The Bertz CT molecular complexity index is 899. The highest BCUT2D eigenvalue weighted by atomic mass is 35.5. The molecular formula is C19H16ClFN2O2S. The molecule has 0 spiro atoms. The summed E-state index contributed by atoms with van der Waals surface area (Å²) in [7, 11) is 1.33. The van der Waals surface area contributed by atoms with Crippen LogP contribution < -0.4 is 10.2 Å². The molecule has 0 aromatic heterocycles. The summed E-state index contributed by atoms with van der Waals surface area (Å²) in [5.74, 6) is -0.828. The number of hydrogen-bond donors (Lipinski definition) is 1. The van der Waals surface area contributed by atoms with Gasteiger partial charge < -0.3 is 10.1 Å². The van der Waals surface area contributed by atoms with Gasteiger partial charge in [-0.25, -0.2) is 9.18 Å². The van der Waals surface area contributed by atoms with Gasteiger partial charge in [0.1, 0.15) is 5.82 Å². The van der Waals surface area contributed by atoms with Gasteiger partial charge in [-0.05, 0) is 61.1 Å². The molecule has 0 amide bonds. The zero-order valence-electron chi connectivity index (χ0n) is 14.1. The van der Waals surface area contributed by atoms with Crippen LogP contribution in [0, 0.1) is 5.82 Å². The number of thiocarbonyl (C=S) groups is 1. The van der Waals surface area contributed by atoms with Gasteiger partial charge in [-0.15, -0.1) is 0 Å². The van der Waals surface area contributed by atoms with E-state index in [1.54, 1.807) is 42.2 Å². The van der Waals surface area contributed by atoms with Crippen LogP contribution in [0.2, 0.25) is 5.02 Å². The Morgan fingerprint density at radius 3 is 2.58 bits per heavy atom. The van der Waals surface area contributed by atoms with Crippen molar-refractivity contribution >= 4 is 40.6 Å². The van der Waals surface area contributed by atoms with Crippen molar-refractivity contribution in [3.63, 3.8) is 0 Å². The summed E-state index contributed by atoms with van der Waals surface area (Å²) in [5.41, 5.74) is 2.45. The minimum absolute atomic E-state index is 0.351. The lowest BCUT2D eigenvalue weighted by molar-refractivity contribution is -0.136. The van der Waals surface area contributed by atoms with Gasteiger partial charge in [-0.2, -0.15) is 0 Å². The smallest absolute Gasteiger partial charge is 0.337 e. The number of rotatable bonds is 3. The number of nitrogens with one attached hydrogen (secondary N) is 1. The molecule has 26 heavy (non-hydrogen) atoms. The fourth-order valence-corrected chi connectivity index (χ4v) is 3.51. The molecule has 0 bridgehead atoms. The van der Waals surface area contributed by atoms with E-state index in [4.69, 9.17) is 28.6 Å². The van der Waals surface area contributed by atoms with Gasteiger partial charge in [0.2, 0.25) is 0 Å². The van der Waals surface area contributed by atoms with Crippen LogP contribution >= 0.6 is 23.8 Å². The SMILES string of the molecule is COC(=O)C1=C(C)N(c2ccc(F)cc2)C(=S)N[C@@H]1c1cccc(Cl)c1. The van der Waals surface area contributed by atoms with Gasteiger partial charge in [0.25, 0.3) is 0 Å². The lowest BCUT2D eigenvalue weighted by Crippen LogP contribution is -2.48. The van der Waals surface area contributed by atoms with Gasteiger partial charge in [0.05, 0.1) is 18.7 Å². The molecule has 3 rings (SSSR count). The minimum atomic E-state index is -0.495. The normalized spacial score (nSPS) is 17.2. The van der Waals surface area contributed by atoms with Gasteiger partial charge >= 0.3 is 5.97 Å². The summed E-state index contributed by atoms with van der Waals surface area (Å²) in [6, 6.07) is 12.6. The second-order valence-corrected chi connectivity index (χ2v) is 6.56. The van der Waals surface area contributed by atoms with Gasteiger partial charge in [-0.1, -0.05) is 23.7 Å². The van der Waals surface area contributed by atoms with Crippen LogP contribution in [0.4, 0.5) is 10.1 Å². The molecule has 7 heteroatoms. The number of esters is 1. The van der Waals surface area contributed by atoms with E-state index in [2.05, 4.69) is 5.32 Å². The molecule has 0 fully saturated rings. The third kappa shape index (κ3) is 3.43. The third-order valence-electron chi connectivity index (χ3n) is 4.16. The topological polar surface area (TPSA) is 41.6 Å². The lowest BCUT2D eigenvalue weighted by Gasteiger charge is -2.37.